The number of fused-ring (bicyclic) bond motifs is 16. The van der Waals surface area contributed by atoms with Crippen molar-refractivity contribution < 1.29 is 78.0 Å². The van der Waals surface area contributed by atoms with Crippen LogP contribution in [0.5, 0.6) is 34.5 Å². The zero-order chi connectivity index (χ0) is 85.2. The molecule has 13 heterocycles. The highest BCUT2D eigenvalue weighted by Crippen LogP contribution is 2.54. The number of ether oxygens (including phenoxy) is 6. The third kappa shape index (κ3) is 15.0. The second kappa shape index (κ2) is 32.7. The van der Waals surface area contributed by atoms with Crippen LogP contribution in [0.2, 0.25) is 10.0 Å². The van der Waals surface area contributed by atoms with E-state index >= 15 is 0 Å². The van der Waals surface area contributed by atoms with Crippen molar-refractivity contribution in [2.24, 2.45) is 21.1 Å². The maximum atomic E-state index is 14.4. The molecular weight excluding hydrogens is 1640 g/mol. The molecule has 0 saturated carbocycles. The van der Waals surface area contributed by atoms with Crippen LogP contribution in [0, 0.1) is 5.82 Å². The molecule has 4 amide bonds. The first-order valence-corrected chi connectivity index (χ1v) is 41.8. The highest BCUT2D eigenvalue weighted by Gasteiger charge is 2.51. The number of para-hydroxylation sites is 3. The van der Waals surface area contributed by atoms with Crippen LogP contribution < -0.4 is 28.4 Å². The Kier molecular flexibility index (Phi) is 21.9. The van der Waals surface area contributed by atoms with E-state index in [4.69, 9.17) is 46.9 Å². The summed E-state index contributed by atoms with van der Waals surface area (Å²) in [7, 11) is 2.51. The summed E-state index contributed by atoms with van der Waals surface area (Å²) < 4.78 is 132. The Morgan fingerprint density at radius 2 is 0.918 bits per heavy atom. The van der Waals surface area contributed by atoms with Crippen LogP contribution in [0.1, 0.15) is 115 Å². The van der Waals surface area contributed by atoms with Crippen LogP contribution in [0.15, 0.2) is 212 Å². The van der Waals surface area contributed by atoms with Gasteiger partial charge in [-0.15, -0.1) is 0 Å². The Hall–Kier alpha value is -12.6. The van der Waals surface area contributed by atoms with Crippen LogP contribution in [-0.2, 0) is 53.4 Å². The molecule has 0 radical (unpaired) electrons. The Balaban J connectivity index is 0.000000116. The van der Waals surface area contributed by atoms with Crippen molar-refractivity contribution in [1.29, 1.82) is 0 Å². The minimum Gasteiger partial charge on any atom is -0.497 e. The van der Waals surface area contributed by atoms with Gasteiger partial charge in [-0.05, 0) is 121 Å². The number of piperidine rings is 4. The average molecular weight is 1720 g/mol. The van der Waals surface area contributed by atoms with E-state index in [0.29, 0.717) is 118 Å². The maximum Gasteiger partial charge on any atom is 0.387 e. The van der Waals surface area contributed by atoms with Gasteiger partial charge in [-0.3, -0.25) is 33.2 Å². The smallest absolute Gasteiger partial charge is 0.387 e. The van der Waals surface area contributed by atoms with Crippen molar-refractivity contribution in [2.45, 2.75) is 91.0 Å². The summed E-state index contributed by atoms with van der Waals surface area (Å²) >= 11 is 12.4. The lowest BCUT2D eigenvalue weighted by atomic mass is 9.81. The highest BCUT2D eigenvalue weighted by molar-refractivity contribution is 7.91. The lowest BCUT2D eigenvalue weighted by Gasteiger charge is -2.45. The molecule has 12 aromatic rings. The van der Waals surface area contributed by atoms with Gasteiger partial charge in [0.05, 0.1) is 88.1 Å². The van der Waals surface area contributed by atoms with E-state index in [9.17, 15) is 49.5 Å². The summed E-state index contributed by atoms with van der Waals surface area (Å²) in [6, 6.07) is 47.8. The molecule has 0 atom stereocenters. The maximum absolute atomic E-state index is 14.4. The topological polar surface area (TPSA) is 255 Å². The molecule has 0 N–H and O–H groups in total. The predicted octanol–water partition coefficient (Wildman–Crippen LogP) is 15.7. The molecule has 33 heteroatoms. The molecule has 8 aliphatic rings. The average Bonchev–Trinajstić information content (AvgIpc) is 1.47. The van der Waals surface area contributed by atoms with Crippen LogP contribution in [-0.4, -0.2) is 168 Å². The molecule has 5 aromatic heterocycles. The quantitative estimate of drug-likeness (QED) is 0.122. The summed E-state index contributed by atoms with van der Waals surface area (Å²) in [4.78, 5) is 58.1. The Bertz CT molecular complexity index is 6140. The van der Waals surface area contributed by atoms with Crippen molar-refractivity contribution in [1.82, 2.24) is 63.7 Å². The number of likely N-dealkylation sites (tertiary alicyclic amines) is 4. The number of halogens is 7. The number of aryl methyl sites for hydroxylation is 3. The number of benzene rings is 7. The number of hydrogen-bond acceptors (Lipinski definition) is 17. The first kappa shape index (κ1) is 81.7. The summed E-state index contributed by atoms with van der Waals surface area (Å²) in [5, 5.41) is 22.1. The standard InChI is InChI=1S/C23H20ClF2N3O3.C23H20ClFN2O3.C23H21F2N3O4S.C20H19N5O2/c1-28-20-15-7-6-14(24)12-19(15)32-23(17(20)13-27-28)8-10-29(11-9-23)21(30)16-4-2-3-5-18(16)31-22(25)26;1-29-16-5-6-17(18(25)14-16)22(28)26-11-8-23(9-12-26)21-3-2-10-27(21)19-7-4-15(24)13-20(19)30-23;1-27-20-17-4-2-3-5-19(17)32-23(18(20)14-26-27)10-12-28(13-11-23)21(29)15-6-8-16(9-7-15)33(30,31)22(24)25;1-24-18-15-4-2-3-5-17(15)27-20(16(18)13-23-24)7-10-25(11-8-20)19(26)14-6-9-21-22-12-14/h2-7,12-13,22H,8-11H2,1H3;2-7,10,13-14H,8-9,11-12H2,1H3;2-9,14,22H,10-13H2,1H3;2-6,9,12-13H,7-8,10-11H2,1H3. The van der Waals surface area contributed by atoms with Crippen molar-refractivity contribution >= 4 is 56.7 Å². The molecule has 4 fully saturated rings. The number of rotatable bonds is 9. The second-order valence-corrected chi connectivity index (χ2v) is 33.6. The summed E-state index contributed by atoms with van der Waals surface area (Å²) in [5.74, 6) is -1.71. The number of methoxy groups -OCH3 is 1. The number of sulfone groups is 1. The normalized spacial score (nSPS) is 16.8. The number of carbonyl (C=O) groups is 4. The summed E-state index contributed by atoms with van der Waals surface area (Å²) in [6.07, 6.45) is 15.5. The number of amides is 4. The molecule has 25 nitrogen and oxygen atoms in total. The van der Waals surface area contributed by atoms with E-state index in [0.717, 1.165) is 104 Å². The van der Waals surface area contributed by atoms with Gasteiger partial charge in [-0.1, -0.05) is 59.6 Å². The Morgan fingerprint density at radius 3 is 1.43 bits per heavy atom. The van der Waals surface area contributed by atoms with Gasteiger partial charge in [0.25, 0.3) is 23.6 Å². The fourth-order valence-corrected chi connectivity index (χ4v) is 18.8. The number of hydrogen-bond donors (Lipinski definition) is 0. The first-order valence-electron chi connectivity index (χ1n) is 39.5. The molecule has 0 bridgehead atoms. The Morgan fingerprint density at radius 1 is 0.459 bits per heavy atom. The summed E-state index contributed by atoms with van der Waals surface area (Å²) in [5.41, 5.74) is 9.91. The molecule has 8 aliphatic heterocycles. The minimum absolute atomic E-state index is 0.0117. The minimum atomic E-state index is -4.70. The molecule has 0 unspecified atom stereocenters. The molecule has 7 aromatic carbocycles. The van der Waals surface area contributed by atoms with E-state index in [1.54, 1.807) is 51.2 Å². The molecular formula is C89H80Cl2F5N13O12S. The van der Waals surface area contributed by atoms with Crippen LogP contribution in [0.4, 0.5) is 22.0 Å². The van der Waals surface area contributed by atoms with Gasteiger partial charge in [-0.25, -0.2) is 12.8 Å². The fraction of sp³-hybridized carbons (Fsp3) is 0.292. The zero-order valence-electron chi connectivity index (χ0n) is 66.4. The third-order valence-electron chi connectivity index (χ3n) is 24.1. The molecule has 628 valence electrons. The lowest BCUT2D eigenvalue weighted by molar-refractivity contribution is -0.0504. The summed E-state index contributed by atoms with van der Waals surface area (Å²) in [6.45, 7) is 0.809. The molecule has 4 spiro atoms. The van der Waals surface area contributed by atoms with Crippen molar-refractivity contribution in [3.8, 4) is 74.0 Å². The monoisotopic (exact) mass is 1720 g/mol. The highest BCUT2D eigenvalue weighted by atomic mass is 35.5. The van der Waals surface area contributed by atoms with Gasteiger partial charge in [0, 0.05) is 192 Å². The van der Waals surface area contributed by atoms with E-state index in [2.05, 4.69) is 46.9 Å². The van der Waals surface area contributed by atoms with Crippen molar-refractivity contribution in [3.05, 3.63) is 268 Å². The number of alkyl halides is 4. The second-order valence-electron chi connectivity index (χ2n) is 30.8. The number of carbonyl (C=O) groups excluding carboxylic acids is 4. The largest absolute Gasteiger partial charge is 0.497 e. The van der Waals surface area contributed by atoms with E-state index in [-0.39, 0.29) is 46.1 Å². The van der Waals surface area contributed by atoms with Crippen molar-refractivity contribution in [3.63, 3.8) is 0 Å². The van der Waals surface area contributed by atoms with Crippen LogP contribution in [0.3, 0.4) is 0 Å². The molecule has 122 heavy (non-hydrogen) atoms. The van der Waals surface area contributed by atoms with Gasteiger partial charge >= 0.3 is 12.4 Å². The van der Waals surface area contributed by atoms with Gasteiger partial charge < -0.3 is 52.6 Å². The van der Waals surface area contributed by atoms with Gasteiger partial charge in [0.15, 0.2) is 5.60 Å². The van der Waals surface area contributed by atoms with E-state index in [1.807, 2.05) is 144 Å². The first-order chi connectivity index (χ1) is 58.8. The van der Waals surface area contributed by atoms with E-state index in [1.165, 1.54) is 49.7 Å². The third-order valence-corrected chi connectivity index (χ3v) is 25.9. The predicted molar refractivity (Wildman–Crippen MR) is 439 cm³/mol. The SMILES string of the molecule is COc1ccc(C(=O)N2CCC3(CC2)Oc2cc(Cl)ccc2-n2cccc23)c(F)c1.Cn1ncc2c1-c1ccc(Cl)cc1OC21CCN(C(=O)c2ccccc2OC(F)F)CC1.Cn1ncc2c1-c1ccccc1OC21CCN(C(=O)c2ccc(S(=O)(=O)C(F)F)cc2)CC1.Cn1ncc2c1-c1ccccc1OC21CCN(C(=O)c2ccnnc2)CC1. The van der Waals surface area contributed by atoms with Gasteiger partial charge in [0.2, 0.25) is 9.84 Å². The lowest BCUT2D eigenvalue weighted by Crippen LogP contribution is -2.50. The zero-order valence-corrected chi connectivity index (χ0v) is 68.7. The van der Waals surface area contributed by atoms with Gasteiger partial charge in [-0.2, -0.15) is 43.1 Å². The molecule has 20 rings (SSSR count). The number of nitrogens with zero attached hydrogens (tertiary/aromatic N) is 13. The Labute approximate surface area is 707 Å². The van der Waals surface area contributed by atoms with Crippen LogP contribution >= 0.6 is 23.2 Å². The molecule has 0 aliphatic carbocycles. The van der Waals surface area contributed by atoms with Gasteiger partial charge in [0.1, 0.15) is 57.1 Å². The van der Waals surface area contributed by atoms with Crippen molar-refractivity contribution in [2.75, 3.05) is 59.5 Å². The van der Waals surface area contributed by atoms with E-state index < -0.39 is 55.3 Å². The molecule has 4 saturated heterocycles. The number of aromatic nitrogens is 9. The fourth-order valence-electron chi connectivity index (χ4n) is 17.7. The van der Waals surface area contributed by atoms with Crippen LogP contribution in [0.25, 0.3) is 39.5 Å².